The van der Waals surface area contributed by atoms with Crippen molar-refractivity contribution >= 4 is 11.9 Å². The number of hydrogen-bond acceptors (Lipinski definition) is 2. The molecule has 3 rings (SSSR count). The Bertz CT molecular complexity index is 242. The van der Waals surface area contributed by atoms with Crippen LogP contribution in [0.15, 0.2) is 12.7 Å². The van der Waals surface area contributed by atoms with Gasteiger partial charge in [-0.15, -0.1) is 0 Å². The Morgan fingerprint density at radius 1 is 1.50 bits per heavy atom. The minimum Gasteiger partial charge on any atom is -0.478 e. The van der Waals surface area contributed by atoms with Crippen molar-refractivity contribution in [2.24, 2.45) is 5.92 Å². The molecular weight excluding hydrogens is 182 g/mol. The summed E-state index contributed by atoms with van der Waals surface area (Å²) in [5, 5.41) is 7.60. The molecule has 3 saturated heterocycles. The molecule has 0 spiro atoms. The van der Waals surface area contributed by atoms with E-state index >= 15 is 0 Å². The molecule has 0 aromatic carbocycles. The second-order valence-corrected chi connectivity index (χ2v) is 3.57. The van der Waals surface area contributed by atoms with Crippen molar-refractivity contribution in [2.45, 2.75) is 19.3 Å². The summed E-state index contributed by atoms with van der Waals surface area (Å²) in [5.41, 5.74) is 0. The molecule has 0 radical (unpaired) electrons. The molecule has 0 aromatic rings. The van der Waals surface area contributed by atoms with Crippen LogP contribution in [-0.4, -0.2) is 35.0 Å². The van der Waals surface area contributed by atoms with Crippen molar-refractivity contribution < 1.29 is 14.7 Å². The molecule has 0 atom stereocenters. The van der Waals surface area contributed by atoms with Crippen LogP contribution in [0.2, 0.25) is 0 Å². The average Bonchev–Trinajstić information content (AvgIpc) is 2.20. The van der Waals surface area contributed by atoms with E-state index in [1.807, 2.05) is 4.90 Å². The summed E-state index contributed by atoms with van der Waals surface area (Å²) in [7, 11) is 0. The van der Waals surface area contributed by atoms with Gasteiger partial charge < -0.3 is 10.0 Å². The summed E-state index contributed by atoms with van der Waals surface area (Å²) in [4.78, 5) is 22.2. The van der Waals surface area contributed by atoms with Crippen LogP contribution in [0, 0.1) is 5.92 Å². The Morgan fingerprint density at radius 2 is 2.00 bits per heavy atom. The van der Waals surface area contributed by atoms with E-state index in [2.05, 4.69) is 6.58 Å². The van der Waals surface area contributed by atoms with Gasteiger partial charge in [-0.1, -0.05) is 6.58 Å². The number of carbonyl (C=O) groups excluding carboxylic acids is 1. The van der Waals surface area contributed by atoms with Gasteiger partial charge in [0.25, 0.3) is 0 Å². The van der Waals surface area contributed by atoms with Crippen LogP contribution in [-0.2, 0) is 9.59 Å². The Labute approximate surface area is 83.2 Å². The lowest BCUT2D eigenvalue weighted by Crippen LogP contribution is -2.45. The third-order valence-electron chi connectivity index (χ3n) is 2.61. The van der Waals surface area contributed by atoms with Gasteiger partial charge in [0.15, 0.2) is 0 Å². The van der Waals surface area contributed by atoms with Crippen molar-refractivity contribution in [3.05, 3.63) is 12.7 Å². The van der Waals surface area contributed by atoms with Gasteiger partial charge in [-0.3, -0.25) is 4.79 Å². The molecular formula is C10H15NO3. The second kappa shape index (κ2) is 4.79. The third-order valence-corrected chi connectivity index (χ3v) is 2.61. The van der Waals surface area contributed by atoms with Crippen molar-refractivity contribution in [3.63, 3.8) is 0 Å². The van der Waals surface area contributed by atoms with Gasteiger partial charge >= 0.3 is 5.97 Å². The predicted octanol–water partition coefficient (Wildman–Crippen LogP) is 0.886. The highest BCUT2D eigenvalue weighted by atomic mass is 16.4. The van der Waals surface area contributed by atoms with Crippen LogP contribution >= 0.6 is 0 Å². The number of fused-ring (bicyclic) bond motifs is 3. The molecule has 3 aliphatic heterocycles. The minimum atomic E-state index is -0.981. The molecule has 2 bridgehead atoms. The van der Waals surface area contributed by atoms with E-state index in [9.17, 15) is 9.59 Å². The molecule has 4 heteroatoms. The lowest BCUT2D eigenvalue weighted by molar-refractivity contribution is -0.139. The zero-order valence-corrected chi connectivity index (χ0v) is 8.11. The van der Waals surface area contributed by atoms with Crippen LogP contribution in [0.25, 0.3) is 0 Å². The van der Waals surface area contributed by atoms with Gasteiger partial charge in [-0.25, -0.2) is 4.79 Å². The van der Waals surface area contributed by atoms with Crippen molar-refractivity contribution in [1.29, 1.82) is 0 Å². The number of nitrogens with zero attached hydrogens (tertiary/aromatic N) is 1. The summed E-state index contributed by atoms with van der Waals surface area (Å²) in [5.74, 6) is 0.144. The first-order valence-corrected chi connectivity index (χ1v) is 4.76. The first-order valence-electron chi connectivity index (χ1n) is 4.76. The van der Waals surface area contributed by atoms with Crippen molar-refractivity contribution in [2.75, 3.05) is 13.1 Å². The number of aliphatic carboxylic acids is 1. The molecule has 3 aliphatic rings. The van der Waals surface area contributed by atoms with Crippen LogP contribution in [0.4, 0.5) is 0 Å². The highest BCUT2D eigenvalue weighted by Crippen LogP contribution is 2.27. The maximum Gasteiger partial charge on any atom is 0.327 e. The van der Waals surface area contributed by atoms with E-state index in [1.54, 1.807) is 0 Å². The quantitative estimate of drug-likeness (QED) is 0.635. The number of rotatable bonds is 1. The number of piperidine rings is 3. The normalized spacial score (nSPS) is 20.0. The molecule has 0 aliphatic carbocycles. The molecule has 0 saturated carbocycles. The van der Waals surface area contributed by atoms with Gasteiger partial charge in [-0.2, -0.15) is 0 Å². The first kappa shape index (κ1) is 10.8. The van der Waals surface area contributed by atoms with E-state index in [1.165, 1.54) is 12.8 Å². The van der Waals surface area contributed by atoms with E-state index < -0.39 is 5.97 Å². The van der Waals surface area contributed by atoms with Gasteiger partial charge in [0.2, 0.25) is 5.91 Å². The lowest BCUT2D eigenvalue weighted by Gasteiger charge is -2.38. The van der Waals surface area contributed by atoms with Gasteiger partial charge in [0.05, 0.1) is 0 Å². The molecule has 78 valence electrons. The molecule has 3 heterocycles. The monoisotopic (exact) mass is 197 g/mol. The van der Waals surface area contributed by atoms with Gasteiger partial charge in [0, 0.05) is 25.6 Å². The van der Waals surface area contributed by atoms with Crippen LogP contribution in [0.1, 0.15) is 19.3 Å². The van der Waals surface area contributed by atoms with Crippen LogP contribution < -0.4 is 0 Å². The van der Waals surface area contributed by atoms with E-state index in [0.717, 1.165) is 31.5 Å². The fourth-order valence-electron chi connectivity index (χ4n) is 1.76. The maximum atomic E-state index is 11.0. The summed E-state index contributed by atoms with van der Waals surface area (Å²) >= 11 is 0. The molecule has 0 aromatic heterocycles. The summed E-state index contributed by atoms with van der Waals surface area (Å²) < 4.78 is 0. The zero-order valence-electron chi connectivity index (χ0n) is 8.11. The molecule has 3 fully saturated rings. The minimum absolute atomic E-state index is 0.387. The summed E-state index contributed by atoms with van der Waals surface area (Å²) in [6.45, 7) is 5.02. The first-order chi connectivity index (χ1) is 6.63. The van der Waals surface area contributed by atoms with Crippen molar-refractivity contribution in [3.8, 4) is 0 Å². The lowest BCUT2D eigenvalue weighted by atomic mass is 9.88. The Balaban J connectivity index is 0.000000171. The van der Waals surface area contributed by atoms with E-state index in [0.29, 0.717) is 5.91 Å². The summed E-state index contributed by atoms with van der Waals surface area (Å²) in [6.07, 6.45) is 4.18. The number of carboxylic acids is 1. The Kier molecular flexibility index (Phi) is 3.68. The Hall–Kier alpha value is -1.32. The third kappa shape index (κ3) is 2.87. The summed E-state index contributed by atoms with van der Waals surface area (Å²) in [6, 6.07) is 0. The molecule has 0 unspecified atom stereocenters. The zero-order chi connectivity index (χ0) is 10.6. The number of amides is 1. The second-order valence-electron chi connectivity index (χ2n) is 3.57. The fourth-order valence-corrected chi connectivity index (χ4v) is 1.76. The largest absolute Gasteiger partial charge is 0.478 e. The fraction of sp³-hybridized carbons (Fsp3) is 0.600. The van der Waals surface area contributed by atoms with E-state index in [4.69, 9.17) is 5.11 Å². The smallest absolute Gasteiger partial charge is 0.327 e. The van der Waals surface area contributed by atoms with E-state index in [-0.39, 0.29) is 0 Å². The predicted molar refractivity (Wildman–Crippen MR) is 51.8 cm³/mol. The number of hydrogen-bond donors (Lipinski definition) is 1. The van der Waals surface area contributed by atoms with Crippen LogP contribution in [0.3, 0.4) is 0 Å². The molecule has 14 heavy (non-hydrogen) atoms. The SMILES string of the molecule is C=CC(=O)O.O=C1CC2CCN1CC2. The molecule has 1 N–H and O–H groups in total. The standard InChI is InChI=1S/C7H11NO.C3H4O2/c9-7-5-6-1-3-8(7)4-2-6;1-2-3(4)5/h6H,1-5H2;2H,1H2,(H,4,5). The van der Waals surface area contributed by atoms with Gasteiger partial charge in [-0.05, 0) is 18.8 Å². The highest BCUT2D eigenvalue weighted by molar-refractivity contribution is 5.78. The Morgan fingerprint density at radius 3 is 2.14 bits per heavy atom. The van der Waals surface area contributed by atoms with Crippen LogP contribution in [0.5, 0.6) is 0 Å². The number of carboxylic acid groups (broad SMARTS) is 1. The molecule has 1 amide bonds. The highest BCUT2D eigenvalue weighted by Gasteiger charge is 2.30. The topological polar surface area (TPSA) is 57.6 Å². The van der Waals surface area contributed by atoms with Gasteiger partial charge in [0.1, 0.15) is 0 Å². The average molecular weight is 197 g/mol. The maximum absolute atomic E-state index is 11.0. The van der Waals surface area contributed by atoms with Crippen molar-refractivity contribution in [1.82, 2.24) is 4.90 Å². The number of carbonyl (C=O) groups is 2. The molecule has 4 nitrogen and oxygen atoms in total.